The lowest BCUT2D eigenvalue weighted by atomic mass is 10.1. The van der Waals surface area contributed by atoms with E-state index in [0.717, 1.165) is 25.7 Å². The van der Waals surface area contributed by atoms with Gasteiger partial charge < -0.3 is 24.6 Å². The molecule has 0 spiro atoms. The third kappa shape index (κ3) is 4.99. The number of carbonyl (C=O) groups excluding carboxylic acids is 3. The van der Waals surface area contributed by atoms with Crippen LogP contribution in [-0.4, -0.2) is 67.9 Å². The molecule has 2 aliphatic heterocycles. The largest absolute Gasteiger partial charge is 0.493 e. The Morgan fingerprint density at radius 2 is 1.69 bits per heavy atom. The van der Waals surface area contributed by atoms with Gasteiger partial charge in [-0.15, -0.1) is 0 Å². The van der Waals surface area contributed by atoms with Gasteiger partial charge in [0.2, 0.25) is 11.8 Å². The molecule has 29 heavy (non-hydrogen) atoms. The molecule has 0 atom stereocenters. The molecule has 0 saturated carbocycles. The molecule has 8 nitrogen and oxygen atoms in total. The minimum atomic E-state index is -0.246. The molecule has 0 aliphatic carbocycles. The quantitative estimate of drug-likeness (QED) is 0.755. The molecule has 0 unspecified atom stereocenters. The third-order valence-electron chi connectivity index (χ3n) is 5.45. The highest BCUT2D eigenvalue weighted by Crippen LogP contribution is 2.34. The van der Waals surface area contributed by atoms with Crippen molar-refractivity contribution >= 4 is 23.4 Å². The van der Waals surface area contributed by atoms with Crippen molar-refractivity contribution in [3.05, 3.63) is 17.7 Å². The molecule has 3 rings (SSSR count). The van der Waals surface area contributed by atoms with Crippen LogP contribution in [0, 0.1) is 0 Å². The smallest absolute Gasteiger partial charge is 0.256 e. The Hall–Kier alpha value is -2.77. The Morgan fingerprint density at radius 1 is 1.00 bits per heavy atom. The number of methoxy groups -OCH3 is 2. The summed E-state index contributed by atoms with van der Waals surface area (Å²) in [6, 6.07) is 3.24. The lowest BCUT2D eigenvalue weighted by Gasteiger charge is -2.28. The summed E-state index contributed by atoms with van der Waals surface area (Å²) in [6.07, 6.45) is 4.64. The van der Waals surface area contributed by atoms with Crippen LogP contribution >= 0.6 is 0 Å². The van der Waals surface area contributed by atoms with Gasteiger partial charge in [0.1, 0.15) is 0 Å². The van der Waals surface area contributed by atoms with Gasteiger partial charge in [0.15, 0.2) is 11.5 Å². The molecule has 158 valence electrons. The number of hydrogen-bond acceptors (Lipinski definition) is 5. The van der Waals surface area contributed by atoms with Crippen molar-refractivity contribution in [2.75, 3.05) is 45.7 Å². The lowest BCUT2D eigenvalue weighted by Crippen LogP contribution is -2.36. The lowest BCUT2D eigenvalue weighted by molar-refractivity contribution is -0.128. The predicted molar refractivity (Wildman–Crippen MR) is 108 cm³/mol. The molecule has 2 fully saturated rings. The number of benzene rings is 1. The van der Waals surface area contributed by atoms with Crippen molar-refractivity contribution in [1.29, 1.82) is 0 Å². The van der Waals surface area contributed by atoms with Gasteiger partial charge in [0, 0.05) is 45.1 Å². The number of piperidine rings is 1. The highest BCUT2D eigenvalue weighted by atomic mass is 16.5. The molecule has 0 bridgehead atoms. The molecule has 2 saturated heterocycles. The molecular weight excluding hydrogens is 374 g/mol. The van der Waals surface area contributed by atoms with Gasteiger partial charge in [0.05, 0.1) is 25.5 Å². The number of nitrogens with one attached hydrogen (secondary N) is 1. The van der Waals surface area contributed by atoms with E-state index in [2.05, 4.69) is 5.32 Å². The van der Waals surface area contributed by atoms with Gasteiger partial charge in [-0.1, -0.05) is 0 Å². The first-order valence-electron chi connectivity index (χ1n) is 10.2. The van der Waals surface area contributed by atoms with Gasteiger partial charge in [-0.2, -0.15) is 0 Å². The summed E-state index contributed by atoms with van der Waals surface area (Å²) in [7, 11) is 3.02. The van der Waals surface area contributed by atoms with E-state index in [9.17, 15) is 14.4 Å². The highest BCUT2D eigenvalue weighted by Gasteiger charge is 2.25. The van der Waals surface area contributed by atoms with E-state index in [0.29, 0.717) is 55.3 Å². The van der Waals surface area contributed by atoms with Gasteiger partial charge in [-0.05, 0) is 31.7 Å². The second-order valence-electron chi connectivity index (χ2n) is 7.39. The Balaban J connectivity index is 1.78. The van der Waals surface area contributed by atoms with E-state index in [1.807, 2.05) is 4.90 Å². The number of hydrogen-bond donors (Lipinski definition) is 1. The molecule has 1 aromatic rings. The zero-order valence-electron chi connectivity index (χ0n) is 17.2. The molecule has 0 aromatic heterocycles. The topological polar surface area (TPSA) is 88.2 Å². The summed E-state index contributed by atoms with van der Waals surface area (Å²) in [6.45, 7) is 2.49. The molecule has 1 aromatic carbocycles. The van der Waals surface area contributed by atoms with Crippen molar-refractivity contribution < 1.29 is 23.9 Å². The van der Waals surface area contributed by atoms with Crippen molar-refractivity contribution in [3.63, 3.8) is 0 Å². The van der Waals surface area contributed by atoms with Gasteiger partial charge in [-0.25, -0.2) is 0 Å². The SMILES string of the molecule is COc1cc(NC(=O)CCN2CCCC2=O)c(C(=O)N2CCCCC2)cc1OC. The number of likely N-dealkylation sites (tertiary alicyclic amines) is 2. The average Bonchev–Trinajstić information content (AvgIpc) is 3.16. The second kappa shape index (κ2) is 9.62. The van der Waals surface area contributed by atoms with Crippen molar-refractivity contribution in [2.45, 2.75) is 38.5 Å². The fraction of sp³-hybridized carbons (Fsp3) is 0.571. The number of ether oxygens (including phenoxy) is 2. The first kappa shape index (κ1) is 21.0. The first-order valence-corrected chi connectivity index (χ1v) is 10.2. The van der Waals surface area contributed by atoms with E-state index in [4.69, 9.17) is 9.47 Å². The molecule has 1 N–H and O–H groups in total. The number of amides is 3. The molecule has 2 aliphatic rings. The van der Waals surface area contributed by atoms with Crippen LogP contribution in [-0.2, 0) is 9.59 Å². The first-order chi connectivity index (χ1) is 14.0. The summed E-state index contributed by atoms with van der Waals surface area (Å²) in [5, 5.41) is 2.84. The standard InChI is InChI=1S/C21H29N3O5/c1-28-17-13-15(21(27)24-9-4-3-5-10-24)16(14-18(17)29-2)22-19(25)8-12-23-11-6-7-20(23)26/h13-14H,3-12H2,1-2H3,(H,22,25). The molecular formula is C21H29N3O5. The van der Waals surface area contributed by atoms with E-state index < -0.39 is 0 Å². The van der Waals surface area contributed by atoms with E-state index in [1.165, 1.54) is 14.2 Å². The Bertz CT molecular complexity index is 774. The highest BCUT2D eigenvalue weighted by molar-refractivity contribution is 6.04. The van der Waals surface area contributed by atoms with Crippen molar-refractivity contribution in [3.8, 4) is 11.5 Å². The molecule has 8 heteroatoms. The number of nitrogens with zero attached hydrogens (tertiary/aromatic N) is 2. The second-order valence-corrected chi connectivity index (χ2v) is 7.39. The van der Waals surface area contributed by atoms with Crippen LogP contribution in [0.3, 0.4) is 0 Å². The van der Waals surface area contributed by atoms with E-state index in [1.54, 1.807) is 17.0 Å². The fourth-order valence-electron chi connectivity index (χ4n) is 3.82. The van der Waals surface area contributed by atoms with Gasteiger partial charge >= 0.3 is 0 Å². The van der Waals surface area contributed by atoms with Crippen molar-refractivity contribution in [2.24, 2.45) is 0 Å². The van der Waals surface area contributed by atoms with Crippen LogP contribution in [0.15, 0.2) is 12.1 Å². The zero-order chi connectivity index (χ0) is 20.8. The normalized spacial score (nSPS) is 16.7. The summed E-state index contributed by atoms with van der Waals surface area (Å²) in [5.74, 6) is 0.589. The zero-order valence-corrected chi connectivity index (χ0v) is 17.2. The van der Waals surface area contributed by atoms with Crippen LogP contribution in [0.4, 0.5) is 5.69 Å². The van der Waals surface area contributed by atoms with Crippen LogP contribution in [0.25, 0.3) is 0 Å². The Kier molecular flexibility index (Phi) is 6.95. The van der Waals surface area contributed by atoms with Crippen LogP contribution < -0.4 is 14.8 Å². The van der Waals surface area contributed by atoms with Gasteiger partial charge in [0.25, 0.3) is 5.91 Å². The summed E-state index contributed by atoms with van der Waals surface area (Å²) in [4.78, 5) is 40.9. The number of rotatable bonds is 7. The Labute approximate surface area is 171 Å². The maximum Gasteiger partial charge on any atom is 0.256 e. The monoisotopic (exact) mass is 403 g/mol. The maximum absolute atomic E-state index is 13.1. The fourth-order valence-corrected chi connectivity index (χ4v) is 3.82. The van der Waals surface area contributed by atoms with Gasteiger partial charge in [-0.3, -0.25) is 14.4 Å². The minimum Gasteiger partial charge on any atom is -0.493 e. The predicted octanol–water partition coefficient (Wildman–Crippen LogP) is 2.28. The number of anilines is 1. The van der Waals surface area contributed by atoms with Crippen molar-refractivity contribution in [1.82, 2.24) is 9.80 Å². The molecule has 3 amide bonds. The summed E-state index contributed by atoms with van der Waals surface area (Å²) >= 11 is 0. The maximum atomic E-state index is 13.1. The number of carbonyl (C=O) groups is 3. The Morgan fingerprint density at radius 3 is 2.31 bits per heavy atom. The summed E-state index contributed by atoms with van der Waals surface area (Å²) in [5.41, 5.74) is 0.783. The van der Waals surface area contributed by atoms with E-state index in [-0.39, 0.29) is 24.1 Å². The van der Waals surface area contributed by atoms with Crippen LogP contribution in [0.2, 0.25) is 0 Å². The molecule has 0 radical (unpaired) electrons. The third-order valence-corrected chi connectivity index (χ3v) is 5.45. The van der Waals surface area contributed by atoms with Crippen LogP contribution in [0.5, 0.6) is 11.5 Å². The van der Waals surface area contributed by atoms with E-state index >= 15 is 0 Å². The minimum absolute atomic E-state index is 0.0879. The molecule has 2 heterocycles. The average molecular weight is 403 g/mol. The van der Waals surface area contributed by atoms with Crippen LogP contribution in [0.1, 0.15) is 48.9 Å². The summed E-state index contributed by atoms with van der Waals surface area (Å²) < 4.78 is 10.7.